The summed E-state index contributed by atoms with van der Waals surface area (Å²) in [7, 11) is 0. The maximum atomic E-state index is 13.0. The molecule has 2 aromatic carbocycles. The molecule has 0 atom stereocenters. The fraction of sp³-hybridized carbons (Fsp3) is 0. The molecule has 0 fully saturated rings. The van der Waals surface area contributed by atoms with Crippen LogP contribution in [0.5, 0.6) is 0 Å². The molecule has 6 nitrogen and oxygen atoms in total. The smallest absolute Gasteiger partial charge is 0.266 e. The first-order valence-electron chi connectivity index (χ1n) is 7.53. The van der Waals surface area contributed by atoms with Crippen molar-refractivity contribution in [3.8, 4) is 0 Å². The minimum atomic E-state index is -0.253. The number of hydrogen-bond acceptors (Lipinski definition) is 4. The maximum absolute atomic E-state index is 13.0. The molecule has 0 saturated carbocycles. The molecule has 1 aromatic heterocycles. The number of anilines is 1. The van der Waals surface area contributed by atoms with E-state index in [-0.39, 0.29) is 5.91 Å². The number of hydrogen-bond donors (Lipinski definition) is 0. The predicted octanol–water partition coefficient (Wildman–Crippen LogP) is 3.22. The van der Waals surface area contributed by atoms with Gasteiger partial charge >= 0.3 is 0 Å². The molecule has 0 bridgehead atoms. The van der Waals surface area contributed by atoms with Crippen molar-refractivity contribution in [3.63, 3.8) is 0 Å². The van der Waals surface area contributed by atoms with Crippen molar-refractivity contribution in [1.29, 1.82) is 0 Å². The van der Waals surface area contributed by atoms with Gasteiger partial charge in [-0.05, 0) is 29.8 Å². The first-order chi connectivity index (χ1) is 12.2. The van der Waals surface area contributed by atoms with Crippen LogP contribution in [0.3, 0.4) is 0 Å². The van der Waals surface area contributed by atoms with E-state index < -0.39 is 0 Å². The Hall–Kier alpha value is -3.25. The van der Waals surface area contributed by atoms with E-state index in [1.807, 2.05) is 30.3 Å². The van der Waals surface area contributed by atoms with Crippen molar-refractivity contribution in [2.75, 3.05) is 4.90 Å². The Labute approximate surface area is 148 Å². The van der Waals surface area contributed by atoms with Crippen LogP contribution in [0.2, 0.25) is 5.02 Å². The van der Waals surface area contributed by atoms with Crippen LogP contribution in [0, 0.1) is 0 Å². The molecule has 7 heteroatoms. The highest BCUT2D eigenvalue weighted by molar-refractivity contribution is 6.32. The van der Waals surface area contributed by atoms with Gasteiger partial charge in [-0.2, -0.15) is 9.78 Å². The highest BCUT2D eigenvalue weighted by Crippen LogP contribution is 2.27. The molecule has 4 rings (SSSR count). The number of carbonyl (C=O) groups is 1. The molecule has 1 amide bonds. The first kappa shape index (κ1) is 15.3. The fourth-order valence-corrected chi connectivity index (χ4v) is 2.71. The second-order valence-electron chi connectivity index (χ2n) is 5.31. The second kappa shape index (κ2) is 6.33. The van der Waals surface area contributed by atoms with E-state index in [4.69, 9.17) is 11.6 Å². The fourth-order valence-electron chi connectivity index (χ4n) is 2.53. The van der Waals surface area contributed by atoms with Crippen LogP contribution >= 0.6 is 11.6 Å². The Morgan fingerprint density at radius 1 is 1.04 bits per heavy atom. The third kappa shape index (κ3) is 2.95. The molecule has 1 aliphatic rings. The molecular formula is C18H12ClN5O. The topological polar surface area (TPSA) is 63.4 Å². The van der Waals surface area contributed by atoms with Gasteiger partial charge in [0.25, 0.3) is 5.91 Å². The molecule has 0 radical (unpaired) electrons. The molecule has 3 aromatic rings. The molecule has 0 aliphatic carbocycles. The van der Waals surface area contributed by atoms with Gasteiger partial charge in [-0.1, -0.05) is 48.0 Å². The monoisotopic (exact) mass is 349 g/mol. The van der Waals surface area contributed by atoms with Crippen LogP contribution in [0.1, 0.15) is 5.56 Å². The molecule has 0 N–H and O–H groups in total. The van der Waals surface area contributed by atoms with Gasteiger partial charge in [0, 0.05) is 5.02 Å². The third-order valence-corrected chi connectivity index (χ3v) is 3.87. The lowest BCUT2D eigenvalue weighted by atomic mass is 10.2. The van der Waals surface area contributed by atoms with Gasteiger partial charge in [0.15, 0.2) is 0 Å². The number of halogens is 1. The van der Waals surface area contributed by atoms with Crippen molar-refractivity contribution >= 4 is 35.2 Å². The Morgan fingerprint density at radius 3 is 2.60 bits per heavy atom. The summed E-state index contributed by atoms with van der Waals surface area (Å²) in [5, 5.41) is 4.62. The normalized spacial score (nSPS) is 15.7. The van der Waals surface area contributed by atoms with E-state index in [2.05, 4.69) is 15.1 Å². The van der Waals surface area contributed by atoms with E-state index in [9.17, 15) is 4.79 Å². The van der Waals surface area contributed by atoms with Crippen molar-refractivity contribution < 1.29 is 4.79 Å². The maximum Gasteiger partial charge on any atom is 0.283 e. The van der Waals surface area contributed by atoms with Crippen LogP contribution in [0.15, 0.2) is 77.9 Å². The van der Waals surface area contributed by atoms with E-state index in [1.54, 1.807) is 30.3 Å². The minimum absolute atomic E-state index is 0.253. The second-order valence-corrected chi connectivity index (χ2v) is 5.75. The SMILES string of the molecule is O=C1/C(=C/c2ccccc2)N=C(n2cncn2)N1c1cccc(Cl)c1. The first-order valence-corrected chi connectivity index (χ1v) is 7.90. The zero-order chi connectivity index (χ0) is 17.2. The number of carbonyl (C=O) groups excluding carboxylic acids is 1. The average Bonchev–Trinajstić information content (AvgIpc) is 3.25. The average molecular weight is 350 g/mol. The highest BCUT2D eigenvalue weighted by Gasteiger charge is 2.33. The molecule has 2 heterocycles. The number of aromatic nitrogens is 3. The van der Waals surface area contributed by atoms with Crippen LogP contribution in [0.4, 0.5) is 5.69 Å². The summed E-state index contributed by atoms with van der Waals surface area (Å²) in [5.74, 6) is 0.101. The molecular weight excluding hydrogens is 338 g/mol. The summed E-state index contributed by atoms with van der Waals surface area (Å²) in [4.78, 5) is 22.8. The third-order valence-electron chi connectivity index (χ3n) is 3.64. The number of aliphatic imine (C=N–C) groups is 1. The zero-order valence-corrected chi connectivity index (χ0v) is 13.7. The lowest BCUT2D eigenvalue weighted by Crippen LogP contribution is -2.36. The zero-order valence-electron chi connectivity index (χ0n) is 13.0. The van der Waals surface area contributed by atoms with Gasteiger partial charge in [-0.15, -0.1) is 0 Å². The van der Waals surface area contributed by atoms with Crippen molar-refractivity contribution in [2.24, 2.45) is 4.99 Å². The molecule has 122 valence electrons. The van der Waals surface area contributed by atoms with E-state index in [1.165, 1.54) is 22.2 Å². The Bertz CT molecular complexity index is 980. The summed E-state index contributed by atoms with van der Waals surface area (Å²) in [5.41, 5.74) is 1.82. The standard InChI is InChI=1S/C18H12ClN5O/c19-14-7-4-8-15(10-14)24-17(25)16(9-13-5-2-1-3-6-13)22-18(24)23-12-20-11-21-23/h1-12H/b16-9-. The van der Waals surface area contributed by atoms with E-state index in [0.717, 1.165) is 5.56 Å². The number of benzene rings is 2. The molecule has 1 aliphatic heterocycles. The Kier molecular flexibility index (Phi) is 3.87. The van der Waals surface area contributed by atoms with Crippen molar-refractivity contribution in [3.05, 3.63) is 83.5 Å². The summed E-state index contributed by atoms with van der Waals surface area (Å²) in [6.45, 7) is 0. The number of nitrogens with zero attached hydrogens (tertiary/aromatic N) is 5. The molecule has 0 spiro atoms. The van der Waals surface area contributed by atoms with Gasteiger partial charge in [0.2, 0.25) is 5.96 Å². The molecule has 0 saturated heterocycles. The van der Waals surface area contributed by atoms with Crippen LogP contribution in [0.25, 0.3) is 6.08 Å². The molecule has 25 heavy (non-hydrogen) atoms. The summed E-state index contributed by atoms with van der Waals surface area (Å²) < 4.78 is 1.45. The van der Waals surface area contributed by atoms with E-state index >= 15 is 0 Å². The van der Waals surface area contributed by atoms with Gasteiger partial charge in [0.05, 0.1) is 5.69 Å². The van der Waals surface area contributed by atoms with Gasteiger partial charge < -0.3 is 0 Å². The largest absolute Gasteiger partial charge is 0.283 e. The summed E-state index contributed by atoms with van der Waals surface area (Å²) >= 11 is 6.08. The quantitative estimate of drug-likeness (QED) is 0.667. The minimum Gasteiger partial charge on any atom is -0.266 e. The predicted molar refractivity (Wildman–Crippen MR) is 96.2 cm³/mol. The lowest BCUT2D eigenvalue weighted by molar-refractivity contribution is -0.113. The summed E-state index contributed by atoms with van der Waals surface area (Å²) in [6.07, 6.45) is 4.63. The van der Waals surface area contributed by atoms with Crippen molar-refractivity contribution in [2.45, 2.75) is 0 Å². The molecule has 0 unspecified atom stereocenters. The van der Waals surface area contributed by atoms with E-state index in [0.29, 0.717) is 22.4 Å². The lowest BCUT2D eigenvalue weighted by Gasteiger charge is -2.17. The van der Waals surface area contributed by atoms with Crippen LogP contribution in [-0.2, 0) is 4.79 Å². The number of rotatable bonds is 2. The summed E-state index contributed by atoms with van der Waals surface area (Å²) in [6, 6.07) is 16.6. The van der Waals surface area contributed by atoms with Gasteiger partial charge in [-0.25, -0.2) is 14.9 Å². The number of amides is 1. The van der Waals surface area contributed by atoms with Crippen LogP contribution in [-0.4, -0.2) is 26.6 Å². The Morgan fingerprint density at radius 2 is 1.88 bits per heavy atom. The van der Waals surface area contributed by atoms with Crippen molar-refractivity contribution in [1.82, 2.24) is 14.8 Å². The Balaban J connectivity index is 1.82. The van der Waals surface area contributed by atoms with Gasteiger partial charge in [-0.3, -0.25) is 4.79 Å². The van der Waals surface area contributed by atoms with Gasteiger partial charge in [0.1, 0.15) is 18.4 Å². The highest BCUT2D eigenvalue weighted by atomic mass is 35.5. The van der Waals surface area contributed by atoms with Crippen LogP contribution < -0.4 is 4.90 Å².